The van der Waals surface area contributed by atoms with Gasteiger partial charge >= 0.3 is 0 Å². The number of carbonyl (C=O) groups excluding carboxylic acids is 2. The third-order valence-corrected chi connectivity index (χ3v) is 3.79. The maximum Gasteiger partial charge on any atom is 0.275 e. The fraction of sp³-hybridized carbons (Fsp3) is 0.250. The summed E-state index contributed by atoms with van der Waals surface area (Å²) < 4.78 is 5.15. The minimum Gasteiger partial charge on any atom is -0.496 e. The first-order chi connectivity index (χ1) is 12.5. The van der Waals surface area contributed by atoms with E-state index in [9.17, 15) is 9.59 Å². The summed E-state index contributed by atoms with van der Waals surface area (Å²) in [5.41, 5.74) is 5.20. The molecule has 0 saturated heterocycles. The number of nitrogens with zero attached hydrogens (tertiary/aromatic N) is 1. The third-order valence-electron chi connectivity index (χ3n) is 3.79. The van der Waals surface area contributed by atoms with Gasteiger partial charge in [-0.1, -0.05) is 37.3 Å². The number of ether oxygens (including phenoxy) is 1. The van der Waals surface area contributed by atoms with Crippen molar-refractivity contribution < 1.29 is 14.3 Å². The number of nitrogens with one attached hydrogen (secondary N) is 2. The van der Waals surface area contributed by atoms with Crippen molar-refractivity contribution in [3.05, 3.63) is 59.7 Å². The Labute approximate surface area is 153 Å². The highest BCUT2D eigenvalue weighted by Gasteiger charge is 2.11. The van der Waals surface area contributed by atoms with Crippen LogP contribution in [0.2, 0.25) is 0 Å². The van der Waals surface area contributed by atoms with E-state index in [1.807, 2.05) is 31.2 Å². The molecule has 0 heterocycles. The van der Waals surface area contributed by atoms with E-state index in [0.29, 0.717) is 17.0 Å². The van der Waals surface area contributed by atoms with Crippen molar-refractivity contribution in [2.24, 2.45) is 5.10 Å². The minimum absolute atomic E-state index is 0.0876. The molecule has 2 amide bonds. The Morgan fingerprint density at radius 3 is 2.50 bits per heavy atom. The summed E-state index contributed by atoms with van der Waals surface area (Å²) in [6.45, 7) is 3.72. The molecule has 26 heavy (non-hydrogen) atoms. The topological polar surface area (TPSA) is 79.8 Å². The molecule has 2 N–H and O–H groups in total. The summed E-state index contributed by atoms with van der Waals surface area (Å²) in [5, 5.41) is 6.88. The second-order valence-corrected chi connectivity index (χ2v) is 5.72. The van der Waals surface area contributed by atoms with Crippen LogP contribution in [-0.2, 0) is 11.2 Å². The molecular weight excluding hydrogens is 330 g/mol. The second-order valence-electron chi connectivity index (χ2n) is 5.72. The van der Waals surface area contributed by atoms with E-state index in [4.69, 9.17) is 4.74 Å². The Hall–Kier alpha value is -3.15. The van der Waals surface area contributed by atoms with Crippen LogP contribution in [0.1, 0.15) is 36.2 Å². The highest BCUT2D eigenvalue weighted by atomic mass is 16.5. The van der Waals surface area contributed by atoms with E-state index in [-0.39, 0.29) is 12.3 Å². The number of rotatable bonds is 7. The Morgan fingerprint density at radius 2 is 1.77 bits per heavy atom. The van der Waals surface area contributed by atoms with Gasteiger partial charge in [-0.2, -0.15) is 5.10 Å². The van der Waals surface area contributed by atoms with E-state index >= 15 is 0 Å². The van der Waals surface area contributed by atoms with Gasteiger partial charge in [0.05, 0.1) is 19.1 Å². The monoisotopic (exact) mass is 353 g/mol. The number of anilines is 1. The predicted octanol–water partition coefficient (Wildman–Crippen LogP) is 3.39. The highest BCUT2D eigenvalue weighted by Crippen LogP contribution is 2.17. The Bertz CT molecular complexity index is 815. The Balaban J connectivity index is 1.95. The summed E-state index contributed by atoms with van der Waals surface area (Å²) in [7, 11) is 1.50. The number of para-hydroxylation sites is 2. The zero-order chi connectivity index (χ0) is 18.9. The number of methoxy groups -OCH3 is 1. The lowest BCUT2D eigenvalue weighted by Gasteiger charge is -2.10. The van der Waals surface area contributed by atoms with Crippen LogP contribution in [0.3, 0.4) is 0 Å². The van der Waals surface area contributed by atoms with Crippen molar-refractivity contribution in [3.8, 4) is 5.75 Å². The van der Waals surface area contributed by atoms with Crippen molar-refractivity contribution in [3.63, 3.8) is 0 Å². The van der Waals surface area contributed by atoms with Gasteiger partial charge in [0, 0.05) is 11.4 Å². The summed E-state index contributed by atoms with van der Waals surface area (Å²) in [6, 6.07) is 14.5. The van der Waals surface area contributed by atoms with Crippen molar-refractivity contribution >= 4 is 23.2 Å². The molecule has 2 rings (SSSR count). The summed E-state index contributed by atoms with van der Waals surface area (Å²) in [5.74, 6) is -0.107. The number of benzene rings is 2. The first kappa shape index (κ1) is 19.2. The number of hydrogen-bond donors (Lipinski definition) is 2. The van der Waals surface area contributed by atoms with Crippen LogP contribution in [0.15, 0.2) is 53.6 Å². The van der Waals surface area contributed by atoms with Crippen molar-refractivity contribution in [2.45, 2.75) is 26.7 Å². The summed E-state index contributed by atoms with van der Waals surface area (Å²) in [4.78, 5) is 24.4. The van der Waals surface area contributed by atoms with E-state index in [1.165, 1.54) is 7.11 Å². The van der Waals surface area contributed by atoms with Crippen LogP contribution in [0.5, 0.6) is 5.75 Å². The van der Waals surface area contributed by atoms with E-state index in [0.717, 1.165) is 17.7 Å². The third kappa shape index (κ3) is 5.17. The van der Waals surface area contributed by atoms with Gasteiger partial charge in [0.25, 0.3) is 5.91 Å². The maximum absolute atomic E-state index is 12.2. The van der Waals surface area contributed by atoms with Crippen LogP contribution < -0.4 is 15.5 Å². The SMILES string of the molecule is CCc1ccccc1NC(=O)C/C(C)=N\NC(=O)c1ccccc1OC. The molecule has 0 unspecified atom stereocenters. The van der Waals surface area contributed by atoms with Gasteiger partial charge in [-0.15, -0.1) is 0 Å². The average Bonchev–Trinajstić information content (AvgIpc) is 2.66. The number of carbonyl (C=O) groups is 2. The molecule has 0 spiro atoms. The minimum atomic E-state index is -0.390. The molecule has 2 aromatic carbocycles. The van der Waals surface area contributed by atoms with E-state index in [2.05, 4.69) is 15.8 Å². The quantitative estimate of drug-likeness (QED) is 0.591. The molecule has 0 bridgehead atoms. The second kappa shape index (κ2) is 9.36. The van der Waals surface area contributed by atoms with Gasteiger partial charge in [0.15, 0.2) is 0 Å². The van der Waals surface area contributed by atoms with Crippen LogP contribution >= 0.6 is 0 Å². The lowest BCUT2D eigenvalue weighted by Crippen LogP contribution is -2.22. The van der Waals surface area contributed by atoms with Gasteiger partial charge in [-0.25, -0.2) is 5.43 Å². The molecule has 2 aromatic rings. The van der Waals surface area contributed by atoms with Gasteiger partial charge in [-0.05, 0) is 37.1 Å². The van der Waals surface area contributed by atoms with Crippen LogP contribution in [0.25, 0.3) is 0 Å². The molecule has 0 aliphatic carbocycles. The average molecular weight is 353 g/mol. The highest BCUT2D eigenvalue weighted by molar-refractivity contribution is 6.06. The summed E-state index contributed by atoms with van der Waals surface area (Å²) in [6.07, 6.45) is 0.919. The molecule has 0 saturated carbocycles. The lowest BCUT2D eigenvalue weighted by atomic mass is 10.1. The molecule has 0 fully saturated rings. The molecule has 0 aliphatic heterocycles. The van der Waals surface area contributed by atoms with Crippen LogP contribution in [0.4, 0.5) is 5.69 Å². The molecule has 0 aromatic heterocycles. The van der Waals surface area contributed by atoms with E-state index in [1.54, 1.807) is 31.2 Å². The first-order valence-electron chi connectivity index (χ1n) is 8.39. The molecule has 0 atom stereocenters. The van der Waals surface area contributed by atoms with Gasteiger partial charge in [-0.3, -0.25) is 9.59 Å². The predicted molar refractivity (Wildman–Crippen MR) is 103 cm³/mol. The zero-order valence-corrected chi connectivity index (χ0v) is 15.2. The zero-order valence-electron chi connectivity index (χ0n) is 15.2. The largest absolute Gasteiger partial charge is 0.496 e. The smallest absolute Gasteiger partial charge is 0.275 e. The van der Waals surface area contributed by atoms with Crippen LogP contribution in [-0.4, -0.2) is 24.6 Å². The Morgan fingerprint density at radius 1 is 1.08 bits per heavy atom. The summed E-state index contributed by atoms with van der Waals surface area (Å²) >= 11 is 0. The number of aryl methyl sites for hydroxylation is 1. The number of hydrogen-bond acceptors (Lipinski definition) is 4. The molecule has 6 heteroatoms. The molecule has 136 valence electrons. The van der Waals surface area contributed by atoms with Crippen molar-refractivity contribution in [1.82, 2.24) is 5.43 Å². The molecule has 0 aliphatic rings. The van der Waals surface area contributed by atoms with Gasteiger partial charge in [0.2, 0.25) is 5.91 Å². The van der Waals surface area contributed by atoms with Gasteiger partial charge < -0.3 is 10.1 Å². The fourth-order valence-electron chi connectivity index (χ4n) is 2.46. The number of hydrazone groups is 1. The Kier molecular flexibility index (Phi) is 6.91. The number of amides is 2. The maximum atomic E-state index is 12.2. The van der Waals surface area contributed by atoms with Crippen molar-refractivity contribution in [1.29, 1.82) is 0 Å². The molecular formula is C20H23N3O3. The normalized spacial score (nSPS) is 11.0. The van der Waals surface area contributed by atoms with Gasteiger partial charge in [0.1, 0.15) is 5.75 Å². The fourth-order valence-corrected chi connectivity index (χ4v) is 2.46. The first-order valence-corrected chi connectivity index (χ1v) is 8.39. The molecule has 6 nitrogen and oxygen atoms in total. The standard InChI is InChI=1S/C20H23N3O3/c1-4-15-9-5-7-11-17(15)21-19(24)13-14(2)22-23-20(25)16-10-6-8-12-18(16)26-3/h5-12H,4,13H2,1-3H3,(H,21,24)(H,23,25)/b22-14-. The van der Waals surface area contributed by atoms with Crippen LogP contribution in [0, 0.1) is 0 Å². The lowest BCUT2D eigenvalue weighted by molar-refractivity contribution is -0.115. The molecule has 0 radical (unpaired) electrons. The van der Waals surface area contributed by atoms with E-state index < -0.39 is 5.91 Å². The van der Waals surface area contributed by atoms with Crippen molar-refractivity contribution in [2.75, 3.05) is 12.4 Å².